The number of halogens is 3. The highest BCUT2D eigenvalue weighted by atomic mass is 19.4. The first kappa shape index (κ1) is 18.8. The number of ether oxygens (including phenoxy) is 1. The van der Waals surface area contributed by atoms with E-state index in [1.54, 1.807) is 6.92 Å². The molecule has 2 N–H and O–H groups in total. The van der Waals surface area contributed by atoms with Crippen molar-refractivity contribution in [3.8, 4) is 0 Å². The van der Waals surface area contributed by atoms with E-state index in [9.17, 15) is 13.2 Å². The van der Waals surface area contributed by atoms with E-state index in [0.717, 1.165) is 43.4 Å². The fourth-order valence-electron chi connectivity index (χ4n) is 4.99. The van der Waals surface area contributed by atoms with Gasteiger partial charge >= 0.3 is 6.18 Å². The van der Waals surface area contributed by atoms with Gasteiger partial charge in [0.2, 0.25) is 0 Å². The summed E-state index contributed by atoms with van der Waals surface area (Å²) in [6.45, 7) is 5.87. The number of benzene rings is 2. The standard InChI is InChI=1S/C22H24F3N3O/c1-13-8-15(22(23,24)25)2-3-19(13)27-16-9-14-12-29-7-6-28-20-4-5-26-11-18(20)17(10-16)21(14)28/h2-3,8-10,18,20,26-27H,4-7,11-12H2,1H3/t18-,20-/m0/s1. The topological polar surface area (TPSA) is 36.5 Å². The number of piperidine rings is 1. The molecule has 0 amide bonds. The zero-order chi connectivity index (χ0) is 20.2. The molecule has 7 heteroatoms. The number of hydrogen-bond donors (Lipinski definition) is 2. The van der Waals surface area contributed by atoms with Crippen LogP contribution in [0.5, 0.6) is 0 Å². The lowest BCUT2D eigenvalue weighted by Gasteiger charge is -2.33. The number of fused-ring (bicyclic) bond motifs is 3. The highest BCUT2D eigenvalue weighted by molar-refractivity contribution is 5.75. The molecule has 0 radical (unpaired) electrons. The van der Waals surface area contributed by atoms with Crippen molar-refractivity contribution in [2.24, 2.45) is 0 Å². The maximum atomic E-state index is 13.0. The number of rotatable bonds is 2. The molecule has 1 fully saturated rings. The van der Waals surface area contributed by atoms with Crippen molar-refractivity contribution < 1.29 is 17.9 Å². The predicted molar refractivity (Wildman–Crippen MR) is 107 cm³/mol. The van der Waals surface area contributed by atoms with Crippen LogP contribution < -0.4 is 15.5 Å². The zero-order valence-corrected chi connectivity index (χ0v) is 16.3. The van der Waals surface area contributed by atoms with Gasteiger partial charge in [0.1, 0.15) is 0 Å². The van der Waals surface area contributed by atoms with Crippen molar-refractivity contribution in [2.75, 3.05) is 36.5 Å². The molecule has 3 heterocycles. The van der Waals surface area contributed by atoms with Gasteiger partial charge in [-0.25, -0.2) is 0 Å². The first-order chi connectivity index (χ1) is 13.9. The lowest BCUT2D eigenvalue weighted by Crippen LogP contribution is -2.44. The van der Waals surface area contributed by atoms with Gasteiger partial charge in [0.15, 0.2) is 0 Å². The lowest BCUT2D eigenvalue weighted by molar-refractivity contribution is -0.137. The first-order valence-electron chi connectivity index (χ1n) is 10.1. The van der Waals surface area contributed by atoms with Gasteiger partial charge in [-0.2, -0.15) is 13.2 Å². The summed E-state index contributed by atoms with van der Waals surface area (Å²) in [5.74, 6) is 0.436. The molecule has 0 spiro atoms. The smallest absolute Gasteiger partial charge is 0.375 e. The Kier molecular flexibility index (Phi) is 4.47. The number of nitrogens with one attached hydrogen (secondary N) is 2. The Morgan fingerprint density at radius 2 is 2.07 bits per heavy atom. The van der Waals surface area contributed by atoms with Crippen LogP contribution in [0.25, 0.3) is 0 Å². The van der Waals surface area contributed by atoms with E-state index in [2.05, 4.69) is 27.7 Å². The third-order valence-electron chi connectivity index (χ3n) is 6.32. The summed E-state index contributed by atoms with van der Waals surface area (Å²) in [4.78, 5) is 2.51. The van der Waals surface area contributed by atoms with E-state index < -0.39 is 11.7 Å². The minimum Gasteiger partial charge on any atom is -0.375 e. The Labute approximate surface area is 168 Å². The quantitative estimate of drug-likeness (QED) is 0.771. The molecule has 2 aromatic rings. The third-order valence-corrected chi connectivity index (χ3v) is 6.32. The Hall–Kier alpha value is -2.25. The molecule has 29 heavy (non-hydrogen) atoms. The van der Waals surface area contributed by atoms with Gasteiger partial charge in [-0.3, -0.25) is 0 Å². The van der Waals surface area contributed by atoms with Crippen molar-refractivity contribution >= 4 is 17.1 Å². The average molecular weight is 403 g/mol. The summed E-state index contributed by atoms with van der Waals surface area (Å²) in [7, 11) is 0. The Bertz CT molecular complexity index is 944. The van der Waals surface area contributed by atoms with E-state index in [1.807, 2.05) is 0 Å². The van der Waals surface area contributed by atoms with E-state index in [4.69, 9.17) is 4.74 Å². The van der Waals surface area contributed by atoms with E-state index in [0.29, 0.717) is 36.4 Å². The van der Waals surface area contributed by atoms with Crippen molar-refractivity contribution in [3.05, 3.63) is 52.6 Å². The predicted octanol–water partition coefficient (Wildman–Crippen LogP) is 4.55. The number of hydrogen-bond acceptors (Lipinski definition) is 4. The minimum absolute atomic E-state index is 0.436. The minimum atomic E-state index is -4.33. The number of alkyl halides is 3. The first-order valence-corrected chi connectivity index (χ1v) is 10.1. The molecule has 1 saturated heterocycles. The van der Waals surface area contributed by atoms with Gasteiger partial charge in [-0.15, -0.1) is 0 Å². The summed E-state index contributed by atoms with van der Waals surface area (Å²) in [5.41, 5.74) is 5.31. The van der Waals surface area contributed by atoms with Gasteiger partial charge in [0.25, 0.3) is 0 Å². The third kappa shape index (κ3) is 3.26. The summed E-state index contributed by atoms with van der Waals surface area (Å²) in [6, 6.07) is 8.58. The Balaban J connectivity index is 1.51. The molecule has 0 bridgehead atoms. The summed E-state index contributed by atoms with van der Waals surface area (Å²) >= 11 is 0. The molecule has 0 aromatic heterocycles. The largest absolute Gasteiger partial charge is 0.416 e. The van der Waals surface area contributed by atoms with Gasteiger partial charge in [-0.1, -0.05) is 0 Å². The SMILES string of the molecule is Cc1cc(C(F)(F)F)ccc1Nc1cc2c3c(c1)[C@@H]1CNCC[C@@H]1N3CCOC2. The molecule has 0 unspecified atom stereocenters. The zero-order valence-electron chi connectivity index (χ0n) is 16.3. The monoisotopic (exact) mass is 403 g/mol. The van der Waals surface area contributed by atoms with E-state index in [-0.39, 0.29) is 0 Å². The van der Waals surface area contributed by atoms with Crippen LogP contribution in [0.2, 0.25) is 0 Å². The number of nitrogens with zero attached hydrogens (tertiary/aromatic N) is 1. The second-order valence-electron chi connectivity index (χ2n) is 8.14. The van der Waals surface area contributed by atoms with Crippen LogP contribution in [0.3, 0.4) is 0 Å². The van der Waals surface area contributed by atoms with Crippen LogP contribution in [-0.4, -0.2) is 32.3 Å². The van der Waals surface area contributed by atoms with Gasteiger partial charge in [0, 0.05) is 47.7 Å². The fraction of sp³-hybridized carbons (Fsp3) is 0.455. The lowest BCUT2D eigenvalue weighted by atomic mass is 9.89. The van der Waals surface area contributed by atoms with Crippen LogP contribution in [0.1, 0.15) is 34.6 Å². The molecule has 0 aliphatic carbocycles. The summed E-state index contributed by atoms with van der Waals surface area (Å²) in [5, 5.41) is 6.86. The molecule has 3 aliphatic rings. The average Bonchev–Trinajstić information content (AvgIpc) is 2.84. The molecule has 2 aromatic carbocycles. The van der Waals surface area contributed by atoms with Crippen molar-refractivity contribution in [2.45, 2.75) is 38.1 Å². The maximum Gasteiger partial charge on any atom is 0.416 e. The fourth-order valence-corrected chi connectivity index (χ4v) is 4.99. The van der Waals surface area contributed by atoms with Crippen molar-refractivity contribution in [1.29, 1.82) is 0 Å². The molecule has 4 nitrogen and oxygen atoms in total. The van der Waals surface area contributed by atoms with Crippen LogP contribution in [-0.2, 0) is 17.5 Å². The number of anilines is 3. The molecule has 2 atom stereocenters. The van der Waals surface area contributed by atoms with Gasteiger partial charge in [-0.05, 0) is 61.3 Å². The van der Waals surface area contributed by atoms with E-state index >= 15 is 0 Å². The molecule has 3 aliphatic heterocycles. The van der Waals surface area contributed by atoms with Gasteiger partial charge in [0.05, 0.1) is 18.8 Å². The van der Waals surface area contributed by atoms with Crippen molar-refractivity contribution in [1.82, 2.24) is 5.32 Å². The highest BCUT2D eigenvalue weighted by Crippen LogP contribution is 2.47. The maximum absolute atomic E-state index is 13.0. The Morgan fingerprint density at radius 1 is 1.21 bits per heavy atom. The molecule has 154 valence electrons. The second kappa shape index (κ2) is 6.92. The summed E-state index contributed by atoms with van der Waals surface area (Å²) in [6.07, 6.45) is -3.22. The molecule has 0 saturated carbocycles. The summed E-state index contributed by atoms with van der Waals surface area (Å²) < 4.78 is 44.7. The van der Waals surface area contributed by atoms with Crippen LogP contribution in [0, 0.1) is 6.92 Å². The van der Waals surface area contributed by atoms with Crippen LogP contribution in [0.15, 0.2) is 30.3 Å². The van der Waals surface area contributed by atoms with Crippen molar-refractivity contribution in [3.63, 3.8) is 0 Å². The van der Waals surface area contributed by atoms with Crippen LogP contribution >= 0.6 is 0 Å². The Morgan fingerprint density at radius 3 is 2.86 bits per heavy atom. The number of aryl methyl sites for hydroxylation is 1. The highest BCUT2D eigenvalue weighted by Gasteiger charge is 2.41. The van der Waals surface area contributed by atoms with E-state index in [1.165, 1.54) is 23.4 Å². The second-order valence-corrected chi connectivity index (χ2v) is 8.14. The molecular formula is C22H24F3N3O. The molecule has 5 rings (SSSR count). The normalized spacial score (nSPS) is 23.4. The molecular weight excluding hydrogens is 379 g/mol. The van der Waals surface area contributed by atoms with Gasteiger partial charge < -0.3 is 20.3 Å². The van der Waals surface area contributed by atoms with Crippen LogP contribution in [0.4, 0.5) is 30.2 Å².